The van der Waals surface area contributed by atoms with Crippen molar-refractivity contribution < 1.29 is 0 Å². The van der Waals surface area contributed by atoms with Crippen molar-refractivity contribution in [2.45, 2.75) is 51.5 Å². The molecule has 3 aromatic rings. The molecule has 0 amide bonds. The molecule has 0 saturated carbocycles. The lowest BCUT2D eigenvalue weighted by Gasteiger charge is -2.21. The van der Waals surface area contributed by atoms with Gasteiger partial charge in [0.2, 0.25) is 0 Å². The van der Waals surface area contributed by atoms with Crippen LogP contribution in [0.5, 0.6) is 0 Å². The molecule has 33 heavy (non-hydrogen) atoms. The predicted molar refractivity (Wildman–Crippen MR) is 148 cm³/mol. The average molecular weight is 456 g/mol. The number of nitrogens with one attached hydrogen (secondary N) is 1. The van der Waals surface area contributed by atoms with Crippen LogP contribution in [-0.2, 0) is 6.42 Å². The zero-order valence-electron chi connectivity index (χ0n) is 20.5. The second kappa shape index (κ2) is 12.0. The van der Waals surface area contributed by atoms with Gasteiger partial charge in [-0.1, -0.05) is 84.9 Å². The highest BCUT2D eigenvalue weighted by molar-refractivity contribution is 7.99. The van der Waals surface area contributed by atoms with E-state index in [0.29, 0.717) is 12.0 Å². The summed E-state index contributed by atoms with van der Waals surface area (Å²) in [6, 6.07) is 26.8. The first-order valence-electron chi connectivity index (χ1n) is 11.8. The zero-order valence-corrected chi connectivity index (χ0v) is 21.3. The molecule has 3 rings (SSSR count). The Morgan fingerprint density at radius 3 is 1.91 bits per heavy atom. The van der Waals surface area contributed by atoms with E-state index in [4.69, 9.17) is 0 Å². The lowest BCUT2D eigenvalue weighted by Crippen LogP contribution is -2.20. The molecule has 3 aromatic carbocycles. The van der Waals surface area contributed by atoms with Crippen molar-refractivity contribution in [1.29, 1.82) is 0 Å². The molecule has 1 unspecified atom stereocenters. The Morgan fingerprint density at radius 2 is 1.33 bits per heavy atom. The number of benzene rings is 3. The number of aryl methyl sites for hydroxylation is 3. The Labute approximate surface area is 205 Å². The summed E-state index contributed by atoms with van der Waals surface area (Å²) in [5, 5.41) is 3.40. The Kier molecular flexibility index (Phi) is 9.03. The summed E-state index contributed by atoms with van der Waals surface area (Å²) in [5.74, 6) is 1.43. The predicted octanol–water partition coefficient (Wildman–Crippen LogP) is 8.33. The molecule has 0 aromatic heterocycles. The quantitative estimate of drug-likeness (QED) is 0.292. The molecule has 1 N–H and O–H groups in total. The van der Waals surface area contributed by atoms with Crippen molar-refractivity contribution in [3.05, 3.63) is 114 Å². The van der Waals surface area contributed by atoms with E-state index >= 15 is 0 Å². The fourth-order valence-corrected chi connectivity index (χ4v) is 4.93. The van der Waals surface area contributed by atoms with Gasteiger partial charge in [-0.15, -0.1) is 11.8 Å². The molecule has 0 spiro atoms. The van der Waals surface area contributed by atoms with Crippen molar-refractivity contribution in [3.8, 4) is 0 Å². The Hall–Kier alpha value is -2.71. The van der Waals surface area contributed by atoms with Crippen molar-refractivity contribution in [2.24, 2.45) is 5.92 Å². The van der Waals surface area contributed by atoms with E-state index in [2.05, 4.69) is 119 Å². The maximum absolute atomic E-state index is 4.55. The van der Waals surface area contributed by atoms with E-state index in [0.717, 1.165) is 29.9 Å². The number of thioether (sulfide) groups is 1. The van der Waals surface area contributed by atoms with Gasteiger partial charge in [0.15, 0.2) is 0 Å². The summed E-state index contributed by atoms with van der Waals surface area (Å²) in [6.45, 7) is 17.3. The van der Waals surface area contributed by atoms with Gasteiger partial charge in [-0.3, -0.25) is 0 Å². The first-order valence-corrected chi connectivity index (χ1v) is 12.8. The van der Waals surface area contributed by atoms with Gasteiger partial charge >= 0.3 is 0 Å². The van der Waals surface area contributed by atoms with Crippen LogP contribution < -0.4 is 5.32 Å². The summed E-state index contributed by atoms with van der Waals surface area (Å²) in [7, 11) is 0. The standard InChI is InChI=1S/C31H37NS/c1-22(2)32-26(6)29-17-15-28(16-18-29)25(5)30(14-13-27-11-7-23(3)8-12-27)21-33-31-19-9-24(4)10-20-31/h7-12,15-20,22,30,32H,5-6,13-14,21H2,1-4H3. The second-order valence-electron chi connectivity index (χ2n) is 9.23. The average Bonchev–Trinajstić information content (AvgIpc) is 2.80. The third kappa shape index (κ3) is 7.68. The minimum absolute atomic E-state index is 0.372. The highest BCUT2D eigenvalue weighted by atomic mass is 32.2. The van der Waals surface area contributed by atoms with Gasteiger partial charge in [0.25, 0.3) is 0 Å². The molecule has 0 aliphatic heterocycles. The molecule has 0 aliphatic carbocycles. The van der Waals surface area contributed by atoms with Gasteiger partial charge in [0, 0.05) is 22.4 Å². The van der Waals surface area contributed by atoms with E-state index < -0.39 is 0 Å². The van der Waals surface area contributed by atoms with Crippen molar-refractivity contribution in [3.63, 3.8) is 0 Å². The normalized spacial score (nSPS) is 11.9. The molecule has 1 atom stereocenters. The molecule has 2 heteroatoms. The van der Waals surface area contributed by atoms with Crippen LogP contribution in [0.4, 0.5) is 0 Å². The lowest BCUT2D eigenvalue weighted by atomic mass is 9.89. The fourth-order valence-electron chi connectivity index (χ4n) is 3.84. The third-order valence-electron chi connectivity index (χ3n) is 5.93. The van der Waals surface area contributed by atoms with Crippen LogP contribution in [0.15, 0.2) is 90.8 Å². The largest absolute Gasteiger partial charge is 0.383 e. The highest BCUT2D eigenvalue weighted by Gasteiger charge is 2.16. The first kappa shape index (κ1) is 24.9. The lowest BCUT2D eigenvalue weighted by molar-refractivity contribution is 0.674. The zero-order chi connectivity index (χ0) is 23.8. The molecule has 0 aliphatic rings. The fraction of sp³-hybridized carbons (Fsp3) is 0.290. The minimum atomic E-state index is 0.372. The smallest absolute Gasteiger partial charge is 0.0342 e. The number of rotatable bonds is 11. The van der Waals surface area contributed by atoms with E-state index in [9.17, 15) is 0 Å². The molecule has 0 saturated heterocycles. The van der Waals surface area contributed by atoms with Gasteiger partial charge in [0.05, 0.1) is 0 Å². The van der Waals surface area contributed by atoms with Gasteiger partial charge in [0.1, 0.15) is 0 Å². The van der Waals surface area contributed by atoms with E-state index in [-0.39, 0.29) is 0 Å². The molecular formula is C31H37NS. The number of hydrogen-bond donors (Lipinski definition) is 1. The maximum atomic E-state index is 4.55. The SMILES string of the molecule is C=C(NC(C)C)c1ccc(C(=C)C(CCc2ccc(C)cc2)CSc2ccc(C)cc2)cc1. The summed E-state index contributed by atoms with van der Waals surface area (Å²) >= 11 is 1.93. The number of allylic oxidation sites excluding steroid dienone is 1. The van der Waals surface area contributed by atoms with Gasteiger partial charge in [-0.25, -0.2) is 0 Å². The summed E-state index contributed by atoms with van der Waals surface area (Å²) in [5.41, 5.74) is 8.53. The van der Waals surface area contributed by atoms with E-state index in [1.807, 2.05) is 11.8 Å². The van der Waals surface area contributed by atoms with Gasteiger partial charge in [-0.2, -0.15) is 0 Å². The van der Waals surface area contributed by atoms with Crippen LogP contribution in [0.1, 0.15) is 48.1 Å². The van der Waals surface area contributed by atoms with Gasteiger partial charge in [-0.05, 0) is 80.9 Å². The monoisotopic (exact) mass is 455 g/mol. The van der Waals surface area contributed by atoms with E-state index in [1.165, 1.54) is 32.7 Å². The minimum Gasteiger partial charge on any atom is -0.383 e. The highest BCUT2D eigenvalue weighted by Crippen LogP contribution is 2.32. The van der Waals surface area contributed by atoms with Crippen LogP contribution in [-0.4, -0.2) is 11.8 Å². The van der Waals surface area contributed by atoms with Gasteiger partial charge < -0.3 is 5.32 Å². The topological polar surface area (TPSA) is 12.0 Å². The first-order chi connectivity index (χ1) is 15.8. The Bertz CT molecular complexity index is 994. The molecule has 172 valence electrons. The molecule has 0 fully saturated rings. The van der Waals surface area contributed by atoms with Crippen LogP contribution in [0, 0.1) is 19.8 Å². The van der Waals surface area contributed by atoms with Crippen LogP contribution in [0.2, 0.25) is 0 Å². The molecule has 1 nitrogen and oxygen atoms in total. The van der Waals surface area contributed by atoms with E-state index in [1.54, 1.807) is 0 Å². The maximum Gasteiger partial charge on any atom is 0.0342 e. The second-order valence-corrected chi connectivity index (χ2v) is 10.3. The Balaban J connectivity index is 1.73. The molecule has 0 radical (unpaired) electrons. The summed E-state index contributed by atoms with van der Waals surface area (Å²) < 4.78 is 0. The van der Waals surface area contributed by atoms with Crippen LogP contribution in [0.3, 0.4) is 0 Å². The van der Waals surface area contributed by atoms with Crippen molar-refractivity contribution >= 4 is 23.0 Å². The van der Waals surface area contributed by atoms with Crippen molar-refractivity contribution in [1.82, 2.24) is 5.32 Å². The Morgan fingerprint density at radius 1 is 0.788 bits per heavy atom. The number of hydrogen-bond acceptors (Lipinski definition) is 2. The summed E-state index contributed by atoms with van der Waals surface area (Å²) in [6.07, 6.45) is 2.15. The van der Waals surface area contributed by atoms with Crippen LogP contribution in [0.25, 0.3) is 11.3 Å². The molecule has 0 heterocycles. The third-order valence-corrected chi connectivity index (χ3v) is 7.11. The van der Waals surface area contributed by atoms with Crippen LogP contribution >= 0.6 is 11.8 Å². The summed E-state index contributed by atoms with van der Waals surface area (Å²) in [4.78, 5) is 1.32. The molecular weight excluding hydrogens is 418 g/mol. The van der Waals surface area contributed by atoms with Crippen molar-refractivity contribution in [2.75, 3.05) is 5.75 Å². The molecule has 0 bridgehead atoms.